The van der Waals surface area contributed by atoms with E-state index in [-0.39, 0.29) is 18.8 Å². The Morgan fingerprint density at radius 1 is 1.17 bits per heavy atom. The van der Waals surface area contributed by atoms with Crippen LogP contribution in [-0.4, -0.2) is 36.8 Å². The molecule has 0 saturated carbocycles. The first-order chi connectivity index (χ1) is 11.4. The first-order valence-corrected chi connectivity index (χ1v) is 7.29. The molecule has 0 heterocycles. The highest BCUT2D eigenvalue weighted by Crippen LogP contribution is 2.08. The van der Waals surface area contributed by atoms with Gasteiger partial charge in [0.15, 0.2) is 0 Å². The molecule has 1 rings (SSSR count). The number of ether oxygens (including phenoxy) is 1. The van der Waals surface area contributed by atoms with Crippen LogP contribution < -0.4 is 16.4 Å². The van der Waals surface area contributed by atoms with Gasteiger partial charge in [0, 0.05) is 29.9 Å². The van der Waals surface area contributed by atoms with E-state index in [0.717, 1.165) is 12.2 Å². The van der Waals surface area contributed by atoms with E-state index in [1.807, 2.05) is 0 Å². The Bertz CT molecular complexity index is 638. The second-order valence-corrected chi connectivity index (χ2v) is 4.66. The lowest BCUT2D eigenvalue weighted by atomic mass is 10.2. The van der Waals surface area contributed by atoms with Crippen LogP contribution in [0.4, 0.5) is 5.69 Å². The average Bonchev–Trinajstić information content (AvgIpc) is 2.53. The van der Waals surface area contributed by atoms with Crippen LogP contribution in [0.5, 0.6) is 0 Å². The average molecular weight is 332 g/mol. The molecule has 0 fully saturated rings. The number of nitrogens with one attached hydrogen (secondary N) is 3. The maximum Gasteiger partial charge on any atom is 0.307 e. The van der Waals surface area contributed by atoms with Crippen LogP contribution >= 0.6 is 0 Å². The van der Waals surface area contributed by atoms with E-state index in [0.29, 0.717) is 17.9 Å². The fourth-order valence-corrected chi connectivity index (χ4v) is 1.65. The lowest BCUT2D eigenvalue weighted by molar-refractivity contribution is -0.143. The summed E-state index contributed by atoms with van der Waals surface area (Å²) in [5.74, 6) is -1.42. The molecule has 1 aromatic carbocycles. The van der Waals surface area contributed by atoms with E-state index < -0.39 is 17.8 Å². The Labute approximate surface area is 139 Å². The zero-order valence-corrected chi connectivity index (χ0v) is 13.3. The zero-order valence-electron chi connectivity index (χ0n) is 13.3. The molecule has 0 bridgehead atoms. The van der Waals surface area contributed by atoms with Gasteiger partial charge >= 0.3 is 5.97 Å². The third-order valence-corrected chi connectivity index (χ3v) is 2.78. The molecule has 0 radical (unpaired) electrons. The van der Waals surface area contributed by atoms with Crippen LogP contribution in [0.15, 0.2) is 36.4 Å². The van der Waals surface area contributed by atoms with E-state index in [4.69, 9.17) is 15.9 Å². The Morgan fingerprint density at radius 3 is 2.38 bits per heavy atom. The number of nitrogens with two attached hydrogens (primary N) is 1. The molecular weight excluding hydrogens is 312 g/mol. The Kier molecular flexibility index (Phi) is 7.69. The van der Waals surface area contributed by atoms with Crippen molar-refractivity contribution in [1.82, 2.24) is 5.32 Å². The summed E-state index contributed by atoms with van der Waals surface area (Å²) in [6, 6.07) is 6.40. The highest BCUT2D eigenvalue weighted by molar-refractivity contribution is 6.03. The van der Waals surface area contributed by atoms with Gasteiger partial charge in [0.25, 0.3) is 0 Å². The molecule has 2 amide bonds. The predicted molar refractivity (Wildman–Crippen MR) is 89.5 cm³/mol. The van der Waals surface area contributed by atoms with Crippen LogP contribution in [-0.2, 0) is 19.1 Å². The van der Waals surface area contributed by atoms with Crippen molar-refractivity contribution in [3.8, 4) is 0 Å². The normalized spacial score (nSPS) is 10.2. The minimum absolute atomic E-state index is 0.0627. The van der Waals surface area contributed by atoms with Gasteiger partial charge in [-0.3, -0.25) is 19.8 Å². The third kappa shape index (κ3) is 7.21. The number of carbonyl (C=O) groups excluding carboxylic acids is 3. The largest absolute Gasteiger partial charge is 0.466 e. The van der Waals surface area contributed by atoms with Gasteiger partial charge in [0.05, 0.1) is 13.0 Å². The standard InChI is InChI=1S/C16H20N4O4/c1-2-24-15(23)9-10-19-13(21)7-8-14(22)20-12-5-3-11(4-6-12)16(17)18/h3-8H,2,9-10H2,1H3,(H3,17,18)(H,19,21)(H,20,22)/b8-7-. The van der Waals surface area contributed by atoms with Crippen molar-refractivity contribution in [1.29, 1.82) is 5.41 Å². The molecule has 0 aliphatic carbocycles. The quantitative estimate of drug-likeness (QED) is 0.238. The number of amides is 2. The maximum atomic E-state index is 11.7. The van der Waals surface area contributed by atoms with Gasteiger partial charge in [-0.1, -0.05) is 0 Å². The molecule has 24 heavy (non-hydrogen) atoms. The number of carbonyl (C=O) groups is 3. The van der Waals surface area contributed by atoms with E-state index in [2.05, 4.69) is 10.6 Å². The summed E-state index contributed by atoms with van der Waals surface area (Å²) in [5, 5.41) is 12.3. The summed E-state index contributed by atoms with van der Waals surface area (Å²) in [6.07, 6.45) is 2.23. The second-order valence-electron chi connectivity index (χ2n) is 4.66. The van der Waals surface area contributed by atoms with E-state index in [9.17, 15) is 14.4 Å². The number of benzene rings is 1. The van der Waals surface area contributed by atoms with Crippen molar-refractivity contribution in [2.45, 2.75) is 13.3 Å². The molecule has 0 aliphatic heterocycles. The zero-order chi connectivity index (χ0) is 17.9. The molecule has 0 spiro atoms. The minimum atomic E-state index is -0.485. The summed E-state index contributed by atoms with van der Waals surface area (Å²) < 4.78 is 4.72. The number of anilines is 1. The van der Waals surface area contributed by atoms with Crippen LogP contribution in [0.3, 0.4) is 0 Å². The molecular formula is C16H20N4O4. The molecule has 0 aromatic heterocycles. The van der Waals surface area contributed by atoms with Gasteiger partial charge in [-0.05, 0) is 31.2 Å². The number of rotatable bonds is 8. The van der Waals surface area contributed by atoms with Gasteiger partial charge < -0.3 is 21.1 Å². The van der Waals surface area contributed by atoms with Gasteiger partial charge in [-0.15, -0.1) is 0 Å². The summed E-state index contributed by atoms with van der Waals surface area (Å²) >= 11 is 0. The van der Waals surface area contributed by atoms with Crippen LogP contribution in [0.25, 0.3) is 0 Å². The van der Waals surface area contributed by atoms with Crippen molar-refractivity contribution >= 4 is 29.3 Å². The summed E-state index contributed by atoms with van der Waals surface area (Å²) in [6.45, 7) is 2.13. The van der Waals surface area contributed by atoms with Gasteiger partial charge in [0.2, 0.25) is 11.8 Å². The monoisotopic (exact) mass is 332 g/mol. The molecule has 0 atom stereocenters. The Hall–Kier alpha value is -3.16. The van der Waals surface area contributed by atoms with Crippen LogP contribution in [0, 0.1) is 5.41 Å². The second kappa shape index (κ2) is 9.78. The topological polar surface area (TPSA) is 134 Å². The van der Waals surface area contributed by atoms with E-state index in [1.54, 1.807) is 31.2 Å². The SMILES string of the molecule is CCOC(=O)CCNC(=O)/C=C\C(=O)Nc1ccc(C(=N)N)cc1. The molecule has 8 nitrogen and oxygen atoms in total. The lowest BCUT2D eigenvalue weighted by Crippen LogP contribution is -2.25. The Balaban J connectivity index is 2.38. The highest BCUT2D eigenvalue weighted by Gasteiger charge is 2.04. The van der Waals surface area contributed by atoms with Crippen molar-refractivity contribution in [2.24, 2.45) is 5.73 Å². The molecule has 0 unspecified atom stereocenters. The van der Waals surface area contributed by atoms with Crippen LogP contribution in [0.1, 0.15) is 18.9 Å². The van der Waals surface area contributed by atoms with Crippen LogP contribution in [0.2, 0.25) is 0 Å². The first kappa shape index (κ1) is 18.9. The first-order valence-electron chi connectivity index (χ1n) is 7.29. The molecule has 0 saturated heterocycles. The van der Waals surface area contributed by atoms with Crippen molar-refractivity contribution in [2.75, 3.05) is 18.5 Å². The molecule has 128 valence electrons. The smallest absolute Gasteiger partial charge is 0.307 e. The molecule has 8 heteroatoms. The highest BCUT2D eigenvalue weighted by atomic mass is 16.5. The predicted octanol–water partition coefficient (Wildman–Crippen LogP) is 0.535. The van der Waals surface area contributed by atoms with E-state index >= 15 is 0 Å². The van der Waals surface area contributed by atoms with Gasteiger partial charge in [0.1, 0.15) is 5.84 Å². The number of hydrogen-bond acceptors (Lipinski definition) is 5. The number of amidine groups is 1. The summed E-state index contributed by atoms with van der Waals surface area (Å²) in [5.41, 5.74) is 6.39. The third-order valence-electron chi connectivity index (χ3n) is 2.78. The number of nitrogen functional groups attached to an aromatic ring is 1. The minimum Gasteiger partial charge on any atom is -0.466 e. The van der Waals surface area contributed by atoms with Gasteiger partial charge in [-0.25, -0.2) is 0 Å². The number of hydrogen-bond donors (Lipinski definition) is 4. The summed E-state index contributed by atoms with van der Waals surface area (Å²) in [4.78, 5) is 34.3. The summed E-state index contributed by atoms with van der Waals surface area (Å²) in [7, 11) is 0. The number of esters is 1. The molecule has 0 aliphatic rings. The molecule has 1 aromatic rings. The maximum absolute atomic E-state index is 11.7. The van der Waals surface area contributed by atoms with Crippen molar-refractivity contribution in [3.63, 3.8) is 0 Å². The van der Waals surface area contributed by atoms with Crippen molar-refractivity contribution in [3.05, 3.63) is 42.0 Å². The fourth-order valence-electron chi connectivity index (χ4n) is 1.65. The van der Waals surface area contributed by atoms with E-state index in [1.165, 1.54) is 0 Å². The lowest BCUT2D eigenvalue weighted by Gasteiger charge is -2.04. The fraction of sp³-hybridized carbons (Fsp3) is 0.250. The van der Waals surface area contributed by atoms with Crippen molar-refractivity contribution < 1.29 is 19.1 Å². The Morgan fingerprint density at radius 2 is 1.79 bits per heavy atom. The molecule has 5 N–H and O–H groups in total. The van der Waals surface area contributed by atoms with Gasteiger partial charge in [-0.2, -0.15) is 0 Å².